The second kappa shape index (κ2) is 8.39. The maximum absolute atomic E-state index is 12.0. The van der Waals surface area contributed by atoms with Crippen molar-refractivity contribution in [2.24, 2.45) is 0 Å². The van der Waals surface area contributed by atoms with Gasteiger partial charge in [0.25, 0.3) is 0 Å². The van der Waals surface area contributed by atoms with Gasteiger partial charge in [0.1, 0.15) is 5.75 Å². The molecule has 0 atom stereocenters. The van der Waals surface area contributed by atoms with Gasteiger partial charge < -0.3 is 14.0 Å². The van der Waals surface area contributed by atoms with Crippen molar-refractivity contribution in [1.29, 1.82) is 0 Å². The fourth-order valence-electron chi connectivity index (χ4n) is 2.15. The zero-order valence-electron chi connectivity index (χ0n) is 14.0. The number of rotatable bonds is 8. The molecule has 2 aromatic heterocycles. The molecule has 8 heteroatoms. The molecule has 0 aliphatic carbocycles. The fraction of sp³-hybridized carbons (Fsp3) is 0.222. The molecular weight excluding hydrogens is 356 g/mol. The molecular formula is C18H16N2O5S. The fourth-order valence-corrected chi connectivity index (χ4v) is 2.79. The van der Waals surface area contributed by atoms with Crippen LogP contribution >= 0.6 is 11.3 Å². The number of Topliss-reactive ketones (excluding diaryl/α,β-unsaturated/α-hetero) is 1. The molecule has 0 spiro atoms. The van der Waals surface area contributed by atoms with Crippen LogP contribution in [0.25, 0.3) is 11.4 Å². The summed E-state index contributed by atoms with van der Waals surface area (Å²) in [6, 6.07) is 8.49. The molecule has 2 heterocycles. The van der Waals surface area contributed by atoms with E-state index < -0.39 is 5.97 Å². The summed E-state index contributed by atoms with van der Waals surface area (Å²) in [4.78, 5) is 28.0. The van der Waals surface area contributed by atoms with Crippen LogP contribution in [-0.4, -0.2) is 35.6 Å². The van der Waals surface area contributed by atoms with Crippen molar-refractivity contribution in [2.75, 3.05) is 13.7 Å². The average Bonchev–Trinajstić information content (AvgIpc) is 3.36. The third-order valence-electron chi connectivity index (χ3n) is 3.57. The van der Waals surface area contributed by atoms with Gasteiger partial charge in [-0.05, 0) is 35.7 Å². The molecule has 0 radical (unpaired) electrons. The second-order valence-electron chi connectivity index (χ2n) is 5.34. The third kappa shape index (κ3) is 4.54. The molecule has 0 saturated heterocycles. The highest BCUT2D eigenvalue weighted by Gasteiger charge is 2.13. The molecule has 1 aromatic carbocycles. The van der Waals surface area contributed by atoms with Crippen LogP contribution < -0.4 is 4.74 Å². The SMILES string of the molecule is COc1ccc(C(=O)COC(=O)CCc2nc(-c3ccsc3)no2)cc1. The van der Waals surface area contributed by atoms with E-state index in [9.17, 15) is 9.59 Å². The molecule has 3 aromatic rings. The van der Waals surface area contributed by atoms with Gasteiger partial charge in [-0.1, -0.05) is 5.16 Å². The minimum Gasteiger partial charge on any atom is -0.497 e. The first-order valence-corrected chi connectivity index (χ1v) is 8.78. The van der Waals surface area contributed by atoms with E-state index in [1.165, 1.54) is 11.3 Å². The smallest absolute Gasteiger partial charge is 0.306 e. The van der Waals surface area contributed by atoms with Crippen molar-refractivity contribution in [1.82, 2.24) is 10.1 Å². The van der Waals surface area contributed by atoms with E-state index in [1.54, 1.807) is 31.4 Å². The second-order valence-corrected chi connectivity index (χ2v) is 6.12. The number of hydrogen-bond donors (Lipinski definition) is 0. The van der Waals surface area contributed by atoms with Gasteiger partial charge in [-0.25, -0.2) is 0 Å². The van der Waals surface area contributed by atoms with Crippen molar-refractivity contribution >= 4 is 23.1 Å². The first-order chi connectivity index (χ1) is 12.7. The number of methoxy groups -OCH3 is 1. The quantitative estimate of drug-likeness (QED) is 0.443. The van der Waals surface area contributed by atoms with Crippen LogP contribution in [0.5, 0.6) is 5.75 Å². The van der Waals surface area contributed by atoms with E-state index in [2.05, 4.69) is 10.1 Å². The Morgan fingerprint density at radius 3 is 2.69 bits per heavy atom. The molecule has 0 bridgehead atoms. The number of benzene rings is 1. The number of ether oxygens (including phenoxy) is 2. The van der Waals surface area contributed by atoms with Gasteiger partial charge >= 0.3 is 5.97 Å². The topological polar surface area (TPSA) is 91.5 Å². The normalized spacial score (nSPS) is 10.5. The van der Waals surface area contributed by atoms with Gasteiger partial charge in [0.2, 0.25) is 11.7 Å². The Labute approximate surface area is 153 Å². The summed E-state index contributed by atoms with van der Waals surface area (Å²) in [6.07, 6.45) is 0.313. The summed E-state index contributed by atoms with van der Waals surface area (Å²) in [6.45, 7) is -0.310. The Bertz CT molecular complexity index is 871. The van der Waals surface area contributed by atoms with E-state index in [0.717, 1.165) is 5.56 Å². The number of thiophene rings is 1. The zero-order valence-corrected chi connectivity index (χ0v) is 14.8. The molecule has 26 heavy (non-hydrogen) atoms. The molecule has 0 aliphatic heterocycles. The molecule has 0 amide bonds. The van der Waals surface area contributed by atoms with Crippen LogP contribution in [0.3, 0.4) is 0 Å². The monoisotopic (exact) mass is 372 g/mol. The number of aromatic nitrogens is 2. The molecule has 7 nitrogen and oxygen atoms in total. The van der Waals surface area contributed by atoms with Gasteiger partial charge in [0.05, 0.1) is 13.5 Å². The lowest BCUT2D eigenvalue weighted by molar-refractivity contribution is -0.142. The minimum atomic E-state index is -0.498. The Morgan fingerprint density at radius 2 is 2.00 bits per heavy atom. The van der Waals surface area contributed by atoms with Crippen LogP contribution in [0.1, 0.15) is 22.7 Å². The Morgan fingerprint density at radius 1 is 1.19 bits per heavy atom. The molecule has 134 valence electrons. The largest absolute Gasteiger partial charge is 0.497 e. The standard InChI is InChI=1S/C18H16N2O5S/c1-23-14-4-2-12(3-5-14)15(21)10-24-17(22)7-6-16-19-18(20-25-16)13-8-9-26-11-13/h2-5,8-9,11H,6-7,10H2,1H3. The Balaban J connectivity index is 1.44. The first-order valence-electron chi connectivity index (χ1n) is 7.84. The molecule has 0 fully saturated rings. The lowest BCUT2D eigenvalue weighted by atomic mass is 10.1. The number of hydrogen-bond acceptors (Lipinski definition) is 8. The minimum absolute atomic E-state index is 0.0567. The number of nitrogens with zero attached hydrogens (tertiary/aromatic N) is 2. The summed E-state index contributed by atoms with van der Waals surface area (Å²) < 4.78 is 15.2. The molecule has 0 saturated carbocycles. The molecule has 3 rings (SSSR count). The Kier molecular flexibility index (Phi) is 5.75. The summed E-state index contributed by atoms with van der Waals surface area (Å²) >= 11 is 1.54. The van der Waals surface area contributed by atoms with Crippen molar-refractivity contribution in [3.63, 3.8) is 0 Å². The highest BCUT2D eigenvalue weighted by atomic mass is 32.1. The van der Waals surface area contributed by atoms with Crippen molar-refractivity contribution < 1.29 is 23.6 Å². The van der Waals surface area contributed by atoms with Crippen LogP contribution in [0.15, 0.2) is 45.6 Å². The predicted octanol–water partition coefficient (Wildman–Crippen LogP) is 3.17. The number of aryl methyl sites for hydroxylation is 1. The molecule has 0 aliphatic rings. The van der Waals surface area contributed by atoms with E-state index in [-0.39, 0.29) is 25.2 Å². The summed E-state index contributed by atoms with van der Waals surface area (Å²) in [5.41, 5.74) is 1.33. The lowest BCUT2D eigenvalue weighted by Crippen LogP contribution is -2.14. The van der Waals surface area contributed by atoms with Gasteiger partial charge in [-0.3, -0.25) is 9.59 Å². The van der Waals surface area contributed by atoms with Crippen LogP contribution in [0.2, 0.25) is 0 Å². The van der Waals surface area contributed by atoms with E-state index in [4.69, 9.17) is 14.0 Å². The zero-order chi connectivity index (χ0) is 18.4. The van der Waals surface area contributed by atoms with E-state index in [0.29, 0.717) is 23.0 Å². The summed E-state index contributed by atoms with van der Waals surface area (Å²) in [5.74, 6) is 0.717. The van der Waals surface area contributed by atoms with Gasteiger partial charge in [0.15, 0.2) is 12.4 Å². The number of esters is 1. The molecule has 0 N–H and O–H groups in total. The van der Waals surface area contributed by atoms with Crippen LogP contribution in [-0.2, 0) is 16.0 Å². The van der Waals surface area contributed by atoms with Crippen molar-refractivity contribution in [2.45, 2.75) is 12.8 Å². The van der Waals surface area contributed by atoms with Crippen LogP contribution in [0, 0.1) is 0 Å². The molecule has 0 unspecified atom stereocenters. The first kappa shape index (κ1) is 17.8. The van der Waals surface area contributed by atoms with Crippen molar-refractivity contribution in [3.05, 3.63) is 52.5 Å². The highest BCUT2D eigenvalue weighted by molar-refractivity contribution is 7.08. The number of ketones is 1. The Hall–Kier alpha value is -3.00. The number of carbonyl (C=O) groups excluding carboxylic acids is 2. The number of carbonyl (C=O) groups is 2. The van der Waals surface area contributed by atoms with Crippen molar-refractivity contribution in [3.8, 4) is 17.1 Å². The predicted molar refractivity (Wildman–Crippen MR) is 94.2 cm³/mol. The highest BCUT2D eigenvalue weighted by Crippen LogP contribution is 2.19. The van der Waals surface area contributed by atoms with E-state index in [1.807, 2.05) is 16.8 Å². The van der Waals surface area contributed by atoms with Gasteiger partial charge in [-0.15, -0.1) is 0 Å². The average molecular weight is 372 g/mol. The maximum atomic E-state index is 12.0. The lowest BCUT2D eigenvalue weighted by Gasteiger charge is -2.04. The maximum Gasteiger partial charge on any atom is 0.306 e. The van der Waals surface area contributed by atoms with Crippen LogP contribution in [0.4, 0.5) is 0 Å². The van der Waals surface area contributed by atoms with Gasteiger partial charge in [0, 0.05) is 22.9 Å². The van der Waals surface area contributed by atoms with Gasteiger partial charge in [-0.2, -0.15) is 16.3 Å². The third-order valence-corrected chi connectivity index (χ3v) is 4.25. The van der Waals surface area contributed by atoms with E-state index >= 15 is 0 Å². The summed E-state index contributed by atoms with van der Waals surface area (Å²) in [7, 11) is 1.55. The summed E-state index contributed by atoms with van der Waals surface area (Å²) in [5, 5.41) is 7.70.